The number of thiocarbonyl (C=S) groups is 1. The highest BCUT2D eigenvalue weighted by molar-refractivity contribution is 7.80. The number of rotatable bonds is 2. The second-order valence-electron chi connectivity index (χ2n) is 6.74. The molecule has 0 unspecified atom stereocenters. The molecule has 7 nitrogen and oxygen atoms in total. The molecule has 1 aliphatic carbocycles. The number of fused-ring (bicyclic) bond motifs is 1. The van der Waals surface area contributed by atoms with Crippen LogP contribution in [-0.2, 0) is 7.05 Å². The summed E-state index contributed by atoms with van der Waals surface area (Å²) >= 11 is 5.29. The van der Waals surface area contributed by atoms with E-state index in [9.17, 15) is 9.59 Å². The fourth-order valence-corrected chi connectivity index (χ4v) is 3.58. The lowest BCUT2D eigenvalue weighted by molar-refractivity contribution is 0.0938. The standard InChI is InChI=1S/C18H23N5O2S/c1-11-7-3-6-10-14(11)19-18(26)21-20-16(24)15-12-8-4-5-9-13(12)17(25)23(2)22-15/h4-5,8-9,11,14H,3,6-7,10H2,1-2H3,(H,20,24)(H2,19,21,26)/t11-,14-/m1/s1. The van der Waals surface area contributed by atoms with Gasteiger partial charge in [-0.05, 0) is 37.0 Å². The first-order valence-electron chi connectivity index (χ1n) is 8.80. The molecule has 3 rings (SSSR count). The molecule has 0 saturated heterocycles. The molecule has 1 saturated carbocycles. The summed E-state index contributed by atoms with van der Waals surface area (Å²) in [5.74, 6) is 0.103. The van der Waals surface area contributed by atoms with Crippen molar-refractivity contribution in [3.8, 4) is 0 Å². The molecule has 1 aliphatic rings. The van der Waals surface area contributed by atoms with Crippen LogP contribution in [0.25, 0.3) is 10.8 Å². The van der Waals surface area contributed by atoms with Crippen LogP contribution >= 0.6 is 12.2 Å². The molecular weight excluding hydrogens is 350 g/mol. The molecule has 0 aliphatic heterocycles. The number of nitrogens with zero attached hydrogens (tertiary/aromatic N) is 2. The van der Waals surface area contributed by atoms with Gasteiger partial charge in [0.1, 0.15) is 0 Å². The summed E-state index contributed by atoms with van der Waals surface area (Å²) in [5.41, 5.74) is 5.24. The Kier molecular flexibility index (Phi) is 5.51. The van der Waals surface area contributed by atoms with Crippen molar-refractivity contribution in [3.63, 3.8) is 0 Å². The molecule has 2 aromatic rings. The zero-order valence-electron chi connectivity index (χ0n) is 14.9. The Hall–Kier alpha value is -2.48. The van der Waals surface area contributed by atoms with E-state index in [0.717, 1.165) is 11.1 Å². The number of hydrazine groups is 1. The molecule has 0 radical (unpaired) electrons. The summed E-state index contributed by atoms with van der Waals surface area (Å²) in [4.78, 5) is 24.7. The highest BCUT2D eigenvalue weighted by atomic mass is 32.1. The molecule has 3 N–H and O–H groups in total. The van der Waals surface area contributed by atoms with Gasteiger partial charge in [-0.1, -0.05) is 38.0 Å². The number of hydrogen-bond donors (Lipinski definition) is 3. The van der Waals surface area contributed by atoms with Crippen LogP contribution in [0.1, 0.15) is 43.1 Å². The number of nitrogens with one attached hydrogen (secondary N) is 3. The van der Waals surface area contributed by atoms with Crippen molar-refractivity contribution >= 4 is 34.0 Å². The van der Waals surface area contributed by atoms with Gasteiger partial charge in [-0.25, -0.2) is 4.68 Å². The second kappa shape index (κ2) is 7.82. The summed E-state index contributed by atoms with van der Waals surface area (Å²) in [7, 11) is 1.52. The van der Waals surface area contributed by atoms with Crippen molar-refractivity contribution < 1.29 is 4.79 Å². The molecule has 1 heterocycles. The zero-order valence-corrected chi connectivity index (χ0v) is 15.7. The van der Waals surface area contributed by atoms with Crippen LogP contribution in [0.3, 0.4) is 0 Å². The van der Waals surface area contributed by atoms with Crippen LogP contribution in [0.2, 0.25) is 0 Å². The first kappa shape index (κ1) is 18.3. The Morgan fingerprint density at radius 2 is 1.88 bits per heavy atom. The molecule has 1 aromatic heterocycles. The molecule has 1 fully saturated rings. The zero-order chi connectivity index (χ0) is 18.7. The van der Waals surface area contributed by atoms with E-state index in [1.807, 2.05) is 0 Å². The summed E-state index contributed by atoms with van der Waals surface area (Å²) in [5, 5.41) is 8.70. The topological polar surface area (TPSA) is 88.0 Å². The van der Waals surface area contributed by atoms with Crippen LogP contribution < -0.4 is 21.7 Å². The number of aryl methyl sites for hydroxylation is 1. The molecule has 1 aromatic carbocycles. The SMILES string of the molecule is C[C@@H]1CCCC[C@H]1NC(=S)NNC(=O)c1nn(C)c(=O)c2ccccc12. The number of hydrogen-bond acceptors (Lipinski definition) is 4. The predicted molar refractivity (Wildman–Crippen MR) is 105 cm³/mol. The van der Waals surface area contributed by atoms with Crippen molar-refractivity contribution in [2.24, 2.45) is 13.0 Å². The molecule has 0 bridgehead atoms. The van der Waals surface area contributed by atoms with Crippen molar-refractivity contribution in [2.45, 2.75) is 38.6 Å². The average molecular weight is 373 g/mol. The average Bonchev–Trinajstić information content (AvgIpc) is 2.64. The third-order valence-electron chi connectivity index (χ3n) is 4.89. The highest BCUT2D eigenvalue weighted by Gasteiger charge is 2.22. The third-order valence-corrected chi connectivity index (χ3v) is 5.11. The Morgan fingerprint density at radius 3 is 2.62 bits per heavy atom. The summed E-state index contributed by atoms with van der Waals surface area (Å²) in [6, 6.07) is 7.23. The predicted octanol–water partition coefficient (Wildman–Crippen LogP) is 1.62. The lowest BCUT2D eigenvalue weighted by Crippen LogP contribution is -2.51. The molecule has 26 heavy (non-hydrogen) atoms. The van der Waals surface area contributed by atoms with Gasteiger partial charge in [-0.15, -0.1) is 0 Å². The summed E-state index contributed by atoms with van der Waals surface area (Å²) in [6.45, 7) is 2.21. The van der Waals surface area contributed by atoms with Crippen LogP contribution in [0, 0.1) is 5.92 Å². The fraction of sp³-hybridized carbons (Fsp3) is 0.444. The second-order valence-corrected chi connectivity index (χ2v) is 7.15. The summed E-state index contributed by atoms with van der Waals surface area (Å²) < 4.78 is 1.16. The van der Waals surface area contributed by atoms with Gasteiger partial charge < -0.3 is 5.32 Å². The van der Waals surface area contributed by atoms with E-state index in [2.05, 4.69) is 28.2 Å². The number of carbonyl (C=O) groups excluding carboxylic acids is 1. The Morgan fingerprint density at radius 1 is 1.19 bits per heavy atom. The van der Waals surface area contributed by atoms with Crippen LogP contribution in [-0.4, -0.2) is 26.8 Å². The Bertz CT molecular complexity index is 895. The molecule has 2 atom stereocenters. The van der Waals surface area contributed by atoms with Gasteiger partial charge in [-0.3, -0.25) is 20.4 Å². The minimum absolute atomic E-state index is 0.170. The molecule has 138 valence electrons. The third kappa shape index (κ3) is 3.85. The van der Waals surface area contributed by atoms with Gasteiger partial charge in [0.25, 0.3) is 11.5 Å². The number of amides is 1. The minimum atomic E-state index is -0.447. The van der Waals surface area contributed by atoms with E-state index in [4.69, 9.17) is 12.2 Å². The Balaban J connectivity index is 1.69. The van der Waals surface area contributed by atoms with Gasteiger partial charge in [0.2, 0.25) is 0 Å². The number of aromatic nitrogens is 2. The van der Waals surface area contributed by atoms with Crippen molar-refractivity contribution in [3.05, 3.63) is 40.3 Å². The number of carbonyl (C=O) groups is 1. The van der Waals surface area contributed by atoms with E-state index in [0.29, 0.717) is 27.8 Å². The van der Waals surface area contributed by atoms with Crippen LogP contribution in [0.4, 0.5) is 0 Å². The van der Waals surface area contributed by atoms with Crippen molar-refractivity contribution in [1.82, 2.24) is 25.9 Å². The maximum Gasteiger partial charge on any atom is 0.290 e. The van der Waals surface area contributed by atoms with E-state index in [1.54, 1.807) is 24.3 Å². The lowest BCUT2D eigenvalue weighted by Gasteiger charge is -2.30. The first-order chi connectivity index (χ1) is 12.5. The first-order valence-corrected chi connectivity index (χ1v) is 9.21. The van der Waals surface area contributed by atoms with Crippen molar-refractivity contribution in [1.29, 1.82) is 0 Å². The maximum atomic E-state index is 12.5. The fourth-order valence-electron chi connectivity index (χ4n) is 3.38. The van der Waals surface area contributed by atoms with E-state index < -0.39 is 5.91 Å². The summed E-state index contributed by atoms with van der Waals surface area (Å²) in [6.07, 6.45) is 4.69. The van der Waals surface area contributed by atoms with E-state index in [1.165, 1.54) is 26.3 Å². The smallest absolute Gasteiger partial charge is 0.290 e. The molecule has 0 spiro atoms. The minimum Gasteiger partial charge on any atom is -0.358 e. The Labute approximate surface area is 157 Å². The quantitative estimate of drug-likeness (QED) is 0.548. The van der Waals surface area contributed by atoms with Gasteiger partial charge in [-0.2, -0.15) is 5.10 Å². The van der Waals surface area contributed by atoms with Gasteiger partial charge in [0, 0.05) is 18.5 Å². The van der Waals surface area contributed by atoms with E-state index in [-0.39, 0.29) is 11.3 Å². The monoisotopic (exact) mass is 373 g/mol. The lowest BCUT2D eigenvalue weighted by atomic mass is 9.86. The highest BCUT2D eigenvalue weighted by Crippen LogP contribution is 2.23. The van der Waals surface area contributed by atoms with Crippen LogP contribution in [0.15, 0.2) is 29.1 Å². The van der Waals surface area contributed by atoms with Gasteiger partial charge >= 0.3 is 0 Å². The van der Waals surface area contributed by atoms with Gasteiger partial charge in [0.05, 0.1) is 5.39 Å². The maximum absolute atomic E-state index is 12.5. The normalized spacial score (nSPS) is 19.8. The van der Waals surface area contributed by atoms with E-state index >= 15 is 0 Å². The number of benzene rings is 1. The molecular formula is C18H23N5O2S. The molecule has 1 amide bonds. The largest absolute Gasteiger partial charge is 0.358 e. The van der Waals surface area contributed by atoms with Crippen molar-refractivity contribution in [2.75, 3.05) is 0 Å². The van der Waals surface area contributed by atoms with Gasteiger partial charge in [0.15, 0.2) is 10.8 Å². The molecule has 8 heteroatoms. The van der Waals surface area contributed by atoms with Crippen LogP contribution in [0.5, 0.6) is 0 Å².